The molecule has 0 radical (unpaired) electrons. The van der Waals surface area contributed by atoms with Gasteiger partial charge in [-0.2, -0.15) is 0 Å². The lowest BCUT2D eigenvalue weighted by atomic mass is 9.95. The number of nitrogens with zero attached hydrogens (tertiary/aromatic N) is 3. The number of hydrogen-bond donors (Lipinski definition) is 1. The van der Waals surface area contributed by atoms with E-state index in [1.165, 1.54) is 12.1 Å². The second-order valence-electron chi connectivity index (χ2n) is 6.46. The Labute approximate surface area is 140 Å². The molecule has 0 atom stereocenters. The number of aliphatic hydroxyl groups excluding tert-OH is 1. The fourth-order valence-electron chi connectivity index (χ4n) is 3.51. The van der Waals surface area contributed by atoms with Crippen LogP contribution in [0.2, 0.25) is 0 Å². The molecule has 1 fully saturated rings. The lowest BCUT2D eigenvalue weighted by Gasteiger charge is -2.32. The topological polar surface area (TPSA) is 41.3 Å². The van der Waals surface area contributed by atoms with Crippen molar-refractivity contribution in [3.05, 3.63) is 53.1 Å². The Morgan fingerprint density at radius 2 is 1.83 bits per heavy atom. The summed E-state index contributed by atoms with van der Waals surface area (Å²) in [6.45, 7) is 4.98. The molecule has 0 aliphatic carbocycles. The molecule has 0 unspecified atom stereocenters. The van der Waals surface area contributed by atoms with Gasteiger partial charge >= 0.3 is 0 Å². The molecule has 1 aliphatic heterocycles. The van der Waals surface area contributed by atoms with Crippen LogP contribution in [-0.2, 0) is 13.1 Å². The second kappa shape index (κ2) is 7.40. The highest BCUT2D eigenvalue weighted by Crippen LogP contribution is 2.28. The van der Waals surface area contributed by atoms with Crippen LogP contribution >= 0.6 is 0 Å². The monoisotopic (exact) mass is 335 g/mol. The molecule has 1 aromatic carbocycles. The molecule has 0 spiro atoms. The second-order valence-corrected chi connectivity index (χ2v) is 6.46. The number of aromatic nitrogens is 2. The van der Waals surface area contributed by atoms with Gasteiger partial charge in [-0.3, -0.25) is 4.90 Å². The molecule has 0 bridgehead atoms. The third kappa shape index (κ3) is 3.82. The molecular formula is C18H23F2N3O. The van der Waals surface area contributed by atoms with Crippen LogP contribution in [0.25, 0.3) is 0 Å². The summed E-state index contributed by atoms with van der Waals surface area (Å²) in [6.07, 6.45) is 3.77. The molecule has 1 aliphatic rings. The normalized spacial score (nSPS) is 16.7. The van der Waals surface area contributed by atoms with E-state index < -0.39 is 11.6 Å². The number of aliphatic hydroxyl groups is 1. The fourth-order valence-corrected chi connectivity index (χ4v) is 3.51. The first-order chi connectivity index (χ1) is 11.6. The van der Waals surface area contributed by atoms with Gasteiger partial charge in [0.25, 0.3) is 0 Å². The Bertz CT molecular complexity index is 673. The summed E-state index contributed by atoms with van der Waals surface area (Å²) >= 11 is 0. The minimum absolute atomic E-state index is 0.105. The summed E-state index contributed by atoms with van der Waals surface area (Å²) < 4.78 is 28.7. The number of piperidine rings is 1. The smallest absolute Gasteiger partial charge is 0.126 e. The third-order valence-corrected chi connectivity index (χ3v) is 4.69. The Balaban J connectivity index is 1.61. The van der Waals surface area contributed by atoms with Crippen molar-refractivity contribution in [2.24, 2.45) is 0 Å². The number of likely N-dealkylation sites (tertiary alicyclic amines) is 1. The molecule has 6 heteroatoms. The van der Waals surface area contributed by atoms with E-state index >= 15 is 0 Å². The van der Waals surface area contributed by atoms with Crippen molar-refractivity contribution < 1.29 is 13.9 Å². The maximum Gasteiger partial charge on any atom is 0.126 e. The van der Waals surface area contributed by atoms with Crippen LogP contribution in [0.1, 0.15) is 35.8 Å². The summed E-state index contributed by atoms with van der Waals surface area (Å²) in [7, 11) is 0. The molecule has 24 heavy (non-hydrogen) atoms. The van der Waals surface area contributed by atoms with Crippen molar-refractivity contribution in [2.75, 3.05) is 19.7 Å². The maximum absolute atomic E-state index is 13.3. The number of imidazole rings is 1. The van der Waals surface area contributed by atoms with E-state index in [9.17, 15) is 13.9 Å². The van der Waals surface area contributed by atoms with Gasteiger partial charge in [0.15, 0.2) is 0 Å². The summed E-state index contributed by atoms with van der Waals surface area (Å²) in [6, 6.07) is 3.69. The zero-order valence-corrected chi connectivity index (χ0v) is 13.9. The standard InChI is InChI=1S/C18H23F2N3O/c1-13-11-21-18(23(13)6-7-24)15-2-4-22(5-3-15)12-14-8-16(19)10-17(20)9-14/h8-11,15,24H,2-7,12H2,1H3. The molecule has 0 amide bonds. The summed E-state index contributed by atoms with van der Waals surface area (Å²) in [5, 5.41) is 9.22. The molecule has 1 saturated heterocycles. The van der Waals surface area contributed by atoms with E-state index in [-0.39, 0.29) is 6.61 Å². The summed E-state index contributed by atoms with van der Waals surface area (Å²) in [5.74, 6) is 0.353. The zero-order valence-electron chi connectivity index (χ0n) is 13.9. The van der Waals surface area contributed by atoms with Crippen LogP contribution in [0.5, 0.6) is 0 Å². The molecule has 130 valence electrons. The number of hydrogen-bond acceptors (Lipinski definition) is 3. The first-order valence-corrected chi connectivity index (χ1v) is 8.37. The predicted molar refractivity (Wildman–Crippen MR) is 87.7 cm³/mol. The lowest BCUT2D eigenvalue weighted by molar-refractivity contribution is 0.198. The summed E-state index contributed by atoms with van der Waals surface area (Å²) in [4.78, 5) is 6.74. The predicted octanol–water partition coefficient (Wildman–Crippen LogP) is 2.84. The van der Waals surface area contributed by atoms with Crippen molar-refractivity contribution in [3.8, 4) is 0 Å². The third-order valence-electron chi connectivity index (χ3n) is 4.69. The Morgan fingerprint density at radius 1 is 1.17 bits per heavy atom. The van der Waals surface area contributed by atoms with Gasteiger partial charge in [0.05, 0.1) is 6.61 Å². The highest BCUT2D eigenvalue weighted by Gasteiger charge is 2.24. The Hall–Kier alpha value is -1.79. The molecule has 4 nitrogen and oxygen atoms in total. The quantitative estimate of drug-likeness (QED) is 0.913. The van der Waals surface area contributed by atoms with Crippen molar-refractivity contribution in [2.45, 2.75) is 38.8 Å². The minimum Gasteiger partial charge on any atom is -0.395 e. The van der Waals surface area contributed by atoms with Crippen molar-refractivity contribution >= 4 is 0 Å². The van der Waals surface area contributed by atoms with Crippen LogP contribution < -0.4 is 0 Å². The van der Waals surface area contributed by atoms with Gasteiger partial charge < -0.3 is 9.67 Å². The summed E-state index contributed by atoms with van der Waals surface area (Å²) in [5.41, 5.74) is 1.74. The lowest BCUT2D eigenvalue weighted by Crippen LogP contribution is -2.33. The first-order valence-electron chi connectivity index (χ1n) is 8.37. The number of halogens is 2. The van der Waals surface area contributed by atoms with Crippen molar-refractivity contribution in [3.63, 3.8) is 0 Å². The zero-order chi connectivity index (χ0) is 17.1. The Kier molecular flexibility index (Phi) is 5.26. The molecular weight excluding hydrogens is 312 g/mol. The van der Waals surface area contributed by atoms with Crippen LogP contribution in [0, 0.1) is 18.6 Å². The number of aryl methyl sites for hydroxylation is 1. The fraction of sp³-hybridized carbons (Fsp3) is 0.500. The molecule has 2 heterocycles. The molecule has 3 rings (SSSR count). The molecule has 1 N–H and O–H groups in total. The van der Waals surface area contributed by atoms with Gasteiger partial charge in [-0.05, 0) is 50.6 Å². The van der Waals surface area contributed by atoms with E-state index in [0.717, 1.165) is 43.5 Å². The minimum atomic E-state index is -0.526. The largest absolute Gasteiger partial charge is 0.395 e. The van der Waals surface area contributed by atoms with Crippen LogP contribution in [0.4, 0.5) is 8.78 Å². The highest BCUT2D eigenvalue weighted by molar-refractivity contribution is 5.18. The SMILES string of the molecule is Cc1cnc(C2CCN(Cc3cc(F)cc(F)c3)CC2)n1CCO. The van der Waals surface area contributed by atoms with Crippen molar-refractivity contribution in [1.29, 1.82) is 0 Å². The van der Waals surface area contributed by atoms with E-state index in [4.69, 9.17) is 0 Å². The van der Waals surface area contributed by atoms with Crippen LogP contribution in [0.3, 0.4) is 0 Å². The molecule has 1 aromatic heterocycles. The Morgan fingerprint density at radius 3 is 2.46 bits per heavy atom. The van der Waals surface area contributed by atoms with Gasteiger partial charge in [-0.25, -0.2) is 13.8 Å². The van der Waals surface area contributed by atoms with Gasteiger partial charge in [0, 0.05) is 37.0 Å². The van der Waals surface area contributed by atoms with E-state index in [1.54, 1.807) is 0 Å². The average Bonchev–Trinajstić information content (AvgIpc) is 2.89. The number of rotatable bonds is 5. The van der Waals surface area contributed by atoms with Gasteiger partial charge in [0.2, 0.25) is 0 Å². The number of benzene rings is 1. The molecule has 0 saturated carbocycles. The van der Waals surface area contributed by atoms with Gasteiger partial charge in [0.1, 0.15) is 17.5 Å². The van der Waals surface area contributed by atoms with Gasteiger partial charge in [-0.1, -0.05) is 0 Å². The molecule has 2 aromatic rings. The van der Waals surface area contributed by atoms with E-state index in [1.807, 2.05) is 13.1 Å². The van der Waals surface area contributed by atoms with E-state index in [0.29, 0.717) is 24.6 Å². The first kappa shape index (κ1) is 17.0. The van der Waals surface area contributed by atoms with Crippen molar-refractivity contribution in [1.82, 2.24) is 14.5 Å². The van der Waals surface area contributed by atoms with Crippen LogP contribution in [-0.4, -0.2) is 39.3 Å². The van der Waals surface area contributed by atoms with Gasteiger partial charge in [-0.15, -0.1) is 0 Å². The maximum atomic E-state index is 13.3. The average molecular weight is 335 g/mol. The highest BCUT2D eigenvalue weighted by atomic mass is 19.1. The van der Waals surface area contributed by atoms with Crippen LogP contribution in [0.15, 0.2) is 24.4 Å². The van der Waals surface area contributed by atoms with E-state index in [2.05, 4.69) is 14.5 Å².